The first kappa shape index (κ1) is 17.1. The number of benzene rings is 2. The lowest BCUT2D eigenvalue weighted by Gasteiger charge is -2.14. The molecule has 25 heavy (non-hydrogen) atoms. The highest BCUT2D eigenvalue weighted by Gasteiger charge is 2.17. The standard InChI is InChI=1S/C19H20N4OS/c1-12-7-9-14(10-8-12)11-15-5-3-4-6-16(15)17(24)21-13(2)18-22-23-19(20)25-18/h3-10,13H,11H2,1-2H3,(H2,20,23)(H,21,24)/t13-/m1/s1. The predicted molar refractivity (Wildman–Crippen MR) is 101 cm³/mol. The van der Waals surface area contributed by atoms with Gasteiger partial charge in [-0.2, -0.15) is 0 Å². The lowest BCUT2D eigenvalue weighted by atomic mass is 9.98. The first-order chi connectivity index (χ1) is 12.0. The number of nitrogens with two attached hydrogens (primary N) is 1. The molecule has 0 radical (unpaired) electrons. The third-order valence-electron chi connectivity index (χ3n) is 3.95. The molecule has 2 aromatic carbocycles. The van der Waals surface area contributed by atoms with Crippen molar-refractivity contribution in [1.82, 2.24) is 15.5 Å². The molecule has 1 aromatic heterocycles. The van der Waals surface area contributed by atoms with E-state index in [9.17, 15) is 4.79 Å². The van der Waals surface area contributed by atoms with E-state index in [2.05, 4.69) is 46.7 Å². The SMILES string of the molecule is Cc1ccc(Cc2ccccc2C(=O)N[C@H](C)c2nnc(N)s2)cc1. The molecule has 0 aliphatic carbocycles. The highest BCUT2D eigenvalue weighted by molar-refractivity contribution is 7.15. The molecular formula is C19H20N4OS. The fraction of sp³-hybridized carbons (Fsp3) is 0.211. The van der Waals surface area contributed by atoms with Crippen molar-refractivity contribution in [3.8, 4) is 0 Å². The largest absolute Gasteiger partial charge is 0.374 e. The molecule has 0 saturated heterocycles. The Morgan fingerprint density at radius 3 is 2.56 bits per heavy atom. The van der Waals surface area contributed by atoms with Gasteiger partial charge in [-0.05, 0) is 37.5 Å². The van der Waals surface area contributed by atoms with Crippen LogP contribution in [0.15, 0.2) is 48.5 Å². The van der Waals surface area contributed by atoms with Crippen molar-refractivity contribution in [3.63, 3.8) is 0 Å². The van der Waals surface area contributed by atoms with E-state index >= 15 is 0 Å². The molecule has 0 fully saturated rings. The summed E-state index contributed by atoms with van der Waals surface area (Å²) in [5, 5.41) is 11.9. The molecule has 0 spiro atoms. The lowest BCUT2D eigenvalue weighted by Crippen LogP contribution is -2.27. The zero-order chi connectivity index (χ0) is 17.8. The Morgan fingerprint density at radius 1 is 1.16 bits per heavy atom. The van der Waals surface area contributed by atoms with Gasteiger partial charge in [0.05, 0.1) is 6.04 Å². The second-order valence-electron chi connectivity index (χ2n) is 5.99. The van der Waals surface area contributed by atoms with E-state index < -0.39 is 0 Å². The van der Waals surface area contributed by atoms with Crippen LogP contribution in [0, 0.1) is 6.92 Å². The van der Waals surface area contributed by atoms with Gasteiger partial charge in [0.25, 0.3) is 5.91 Å². The van der Waals surface area contributed by atoms with Gasteiger partial charge in [-0.15, -0.1) is 10.2 Å². The smallest absolute Gasteiger partial charge is 0.252 e. The Kier molecular flexibility index (Phi) is 5.09. The van der Waals surface area contributed by atoms with Gasteiger partial charge in [-0.1, -0.05) is 59.4 Å². The van der Waals surface area contributed by atoms with Gasteiger partial charge < -0.3 is 11.1 Å². The maximum Gasteiger partial charge on any atom is 0.252 e. The number of carbonyl (C=O) groups is 1. The zero-order valence-corrected chi connectivity index (χ0v) is 15.0. The van der Waals surface area contributed by atoms with E-state index in [1.165, 1.54) is 22.5 Å². The van der Waals surface area contributed by atoms with Crippen LogP contribution in [0.4, 0.5) is 5.13 Å². The van der Waals surface area contributed by atoms with Gasteiger partial charge in [0.2, 0.25) is 5.13 Å². The summed E-state index contributed by atoms with van der Waals surface area (Å²) in [6, 6.07) is 15.8. The van der Waals surface area contributed by atoms with Crippen LogP contribution >= 0.6 is 11.3 Å². The van der Waals surface area contributed by atoms with E-state index in [0.29, 0.717) is 22.1 Å². The van der Waals surface area contributed by atoms with E-state index in [-0.39, 0.29) is 11.9 Å². The van der Waals surface area contributed by atoms with Crippen LogP contribution in [-0.4, -0.2) is 16.1 Å². The molecule has 0 aliphatic heterocycles. The topological polar surface area (TPSA) is 80.9 Å². The molecule has 1 amide bonds. The molecular weight excluding hydrogens is 332 g/mol. The monoisotopic (exact) mass is 352 g/mol. The lowest BCUT2D eigenvalue weighted by molar-refractivity contribution is 0.0939. The first-order valence-electron chi connectivity index (χ1n) is 8.06. The molecule has 0 aliphatic rings. The summed E-state index contributed by atoms with van der Waals surface area (Å²) in [5.41, 5.74) is 9.68. The van der Waals surface area contributed by atoms with Crippen LogP contribution in [0.1, 0.15) is 45.0 Å². The average molecular weight is 352 g/mol. The van der Waals surface area contributed by atoms with Crippen LogP contribution in [-0.2, 0) is 6.42 Å². The number of hydrogen-bond donors (Lipinski definition) is 2. The van der Waals surface area contributed by atoms with Crippen molar-refractivity contribution in [2.45, 2.75) is 26.3 Å². The number of nitrogen functional groups attached to an aromatic ring is 1. The van der Waals surface area contributed by atoms with Gasteiger partial charge in [0, 0.05) is 5.56 Å². The molecule has 128 valence electrons. The number of nitrogens with one attached hydrogen (secondary N) is 1. The second-order valence-corrected chi connectivity index (χ2v) is 7.03. The maximum atomic E-state index is 12.7. The van der Waals surface area contributed by atoms with Gasteiger partial charge in [-0.25, -0.2) is 0 Å². The summed E-state index contributed by atoms with van der Waals surface area (Å²) in [6.07, 6.45) is 0.712. The number of aromatic nitrogens is 2. The number of amides is 1. The highest BCUT2D eigenvalue weighted by atomic mass is 32.1. The zero-order valence-electron chi connectivity index (χ0n) is 14.2. The molecule has 6 heteroatoms. The summed E-state index contributed by atoms with van der Waals surface area (Å²) in [6.45, 7) is 3.94. The summed E-state index contributed by atoms with van der Waals surface area (Å²) in [7, 11) is 0. The minimum atomic E-state index is -0.241. The molecule has 0 saturated carbocycles. The Hall–Kier alpha value is -2.73. The van der Waals surface area contributed by atoms with Gasteiger partial charge in [0.1, 0.15) is 5.01 Å². The maximum absolute atomic E-state index is 12.7. The number of carbonyl (C=O) groups excluding carboxylic acids is 1. The molecule has 3 aromatic rings. The Balaban J connectivity index is 1.77. The fourth-order valence-electron chi connectivity index (χ4n) is 2.58. The van der Waals surface area contributed by atoms with Crippen molar-refractivity contribution in [2.24, 2.45) is 0 Å². The molecule has 5 nitrogen and oxygen atoms in total. The molecule has 1 heterocycles. The Morgan fingerprint density at radius 2 is 1.88 bits per heavy atom. The minimum Gasteiger partial charge on any atom is -0.374 e. The number of rotatable bonds is 5. The third-order valence-corrected chi connectivity index (χ3v) is 4.89. The van der Waals surface area contributed by atoms with Crippen LogP contribution in [0.5, 0.6) is 0 Å². The molecule has 3 rings (SSSR count). The van der Waals surface area contributed by atoms with Crippen molar-refractivity contribution in [1.29, 1.82) is 0 Å². The number of anilines is 1. The number of hydrogen-bond acceptors (Lipinski definition) is 5. The molecule has 0 unspecified atom stereocenters. The van der Waals surface area contributed by atoms with Crippen molar-refractivity contribution in [2.75, 3.05) is 5.73 Å². The second kappa shape index (κ2) is 7.44. The first-order valence-corrected chi connectivity index (χ1v) is 8.88. The summed E-state index contributed by atoms with van der Waals surface area (Å²) >= 11 is 1.28. The van der Waals surface area contributed by atoms with Gasteiger partial charge in [0.15, 0.2) is 0 Å². The van der Waals surface area contributed by atoms with Crippen LogP contribution in [0.2, 0.25) is 0 Å². The predicted octanol–water partition coefficient (Wildman–Crippen LogP) is 3.51. The van der Waals surface area contributed by atoms with E-state index in [0.717, 1.165) is 5.56 Å². The molecule has 1 atom stereocenters. The van der Waals surface area contributed by atoms with Gasteiger partial charge in [-0.3, -0.25) is 4.79 Å². The van der Waals surface area contributed by atoms with Crippen molar-refractivity contribution >= 4 is 22.4 Å². The number of aryl methyl sites for hydroxylation is 1. The van der Waals surface area contributed by atoms with E-state index in [4.69, 9.17) is 5.73 Å². The van der Waals surface area contributed by atoms with Crippen molar-refractivity contribution in [3.05, 3.63) is 75.8 Å². The van der Waals surface area contributed by atoms with Gasteiger partial charge >= 0.3 is 0 Å². The quantitative estimate of drug-likeness (QED) is 0.736. The van der Waals surface area contributed by atoms with Crippen LogP contribution in [0.3, 0.4) is 0 Å². The average Bonchev–Trinajstić information content (AvgIpc) is 3.04. The fourth-order valence-corrected chi connectivity index (χ4v) is 3.19. The molecule has 0 bridgehead atoms. The summed E-state index contributed by atoms with van der Waals surface area (Å²) in [4.78, 5) is 12.7. The summed E-state index contributed by atoms with van der Waals surface area (Å²) < 4.78 is 0. The highest BCUT2D eigenvalue weighted by Crippen LogP contribution is 2.20. The normalized spacial score (nSPS) is 11.9. The van der Waals surface area contributed by atoms with Crippen molar-refractivity contribution < 1.29 is 4.79 Å². The van der Waals surface area contributed by atoms with E-state index in [1.54, 1.807) is 0 Å². The van der Waals surface area contributed by atoms with Crippen LogP contribution in [0.25, 0.3) is 0 Å². The van der Waals surface area contributed by atoms with E-state index in [1.807, 2.05) is 31.2 Å². The number of nitrogens with zero attached hydrogens (tertiary/aromatic N) is 2. The Labute approximate surface area is 150 Å². The summed E-state index contributed by atoms with van der Waals surface area (Å²) in [5.74, 6) is -0.121. The minimum absolute atomic E-state index is 0.121. The molecule has 3 N–H and O–H groups in total. The Bertz CT molecular complexity index is 873. The third kappa shape index (κ3) is 4.22. The van der Waals surface area contributed by atoms with Crippen LogP contribution < -0.4 is 11.1 Å².